The van der Waals surface area contributed by atoms with Gasteiger partial charge in [0.05, 0.1) is 12.8 Å². The molecule has 0 radical (unpaired) electrons. The average Bonchev–Trinajstić information content (AvgIpc) is 2.76. The molecule has 1 aromatic heterocycles. The molecule has 1 aliphatic heterocycles. The Balaban J connectivity index is 1.99. The summed E-state index contributed by atoms with van der Waals surface area (Å²) in [5, 5.41) is 3.36. The monoisotopic (exact) mass is 253 g/mol. The highest BCUT2D eigenvalue weighted by Crippen LogP contribution is 2.37. The van der Waals surface area contributed by atoms with E-state index >= 15 is 0 Å². The Kier molecular flexibility index (Phi) is 3.66. The quantitative estimate of drug-likeness (QED) is 0.862. The van der Waals surface area contributed by atoms with Gasteiger partial charge in [-0.05, 0) is 37.7 Å². The number of anilines is 2. The van der Waals surface area contributed by atoms with Crippen LogP contribution in [0.4, 0.5) is 11.5 Å². The van der Waals surface area contributed by atoms with E-state index in [4.69, 9.17) is 10.5 Å². The Hall–Kier alpha value is -1.10. The summed E-state index contributed by atoms with van der Waals surface area (Å²) in [7, 11) is 1.58. The molecule has 17 heavy (non-hydrogen) atoms. The van der Waals surface area contributed by atoms with E-state index in [0.29, 0.717) is 16.3 Å². The molecule has 94 valence electrons. The molecule has 0 bridgehead atoms. The minimum absolute atomic E-state index is 0.330. The number of pyridine rings is 1. The fourth-order valence-corrected chi connectivity index (χ4v) is 3.21. The first-order chi connectivity index (χ1) is 8.13. The van der Waals surface area contributed by atoms with Crippen molar-refractivity contribution in [2.24, 2.45) is 0 Å². The number of ether oxygens (including phenoxy) is 1. The van der Waals surface area contributed by atoms with Crippen LogP contribution >= 0.6 is 11.8 Å². The van der Waals surface area contributed by atoms with Gasteiger partial charge in [-0.25, -0.2) is 0 Å². The van der Waals surface area contributed by atoms with Crippen molar-refractivity contribution in [3.05, 3.63) is 12.1 Å². The molecule has 0 spiro atoms. The standard InChI is InChI=1S/C12H19N3OS/c1-12(6-3-7-17-12)8-14-10-5-4-9(13)11(15-10)16-2/h4-5H,3,6-8,13H2,1-2H3,(H,14,15). The fraction of sp³-hybridized carbons (Fsp3) is 0.583. The number of methoxy groups -OCH3 is 1. The maximum atomic E-state index is 5.72. The van der Waals surface area contributed by atoms with Crippen LogP contribution in [0.15, 0.2) is 12.1 Å². The molecular weight excluding hydrogens is 234 g/mol. The van der Waals surface area contributed by atoms with E-state index in [1.54, 1.807) is 7.11 Å². The summed E-state index contributed by atoms with van der Waals surface area (Å²) in [6.07, 6.45) is 2.57. The van der Waals surface area contributed by atoms with Gasteiger partial charge < -0.3 is 15.8 Å². The van der Waals surface area contributed by atoms with Crippen molar-refractivity contribution in [1.82, 2.24) is 4.98 Å². The van der Waals surface area contributed by atoms with Gasteiger partial charge in [0.1, 0.15) is 5.82 Å². The zero-order valence-electron chi connectivity index (χ0n) is 10.3. The van der Waals surface area contributed by atoms with Crippen LogP contribution in [0.25, 0.3) is 0 Å². The summed E-state index contributed by atoms with van der Waals surface area (Å²) in [6, 6.07) is 3.71. The lowest BCUT2D eigenvalue weighted by Gasteiger charge is -2.23. The SMILES string of the molecule is COc1nc(NCC2(C)CCCS2)ccc1N. The lowest BCUT2D eigenvalue weighted by molar-refractivity contribution is 0.401. The third-order valence-corrected chi connectivity index (χ3v) is 4.57. The summed E-state index contributed by atoms with van der Waals surface area (Å²) >= 11 is 2.03. The van der Waals surface area contributed by atoms with Crippen LogP contribution in [-0.2, 0) is 0 Å². The molecule has 1 saturated heterocycles. The van der Waals surface area contributed by atoms with Crippen LogP contribution in [0.5, 0.6) is 5.88 Å². The van der Waals surface area contributed by atoms with E-state index in [-0.39, 0.29) is 0 Å². The van der Waals surface area contributed by atoms with Gasteiger partial charge in [-0.15, -0.1) is 0 Å². The molecule has 1 atom stereocenters. The van der Waals surface area contributed by atoms with Crippen LogP contribution in [-0.4, -0.2) is 29.1 Å². The minimum Gasteiger partial charge on any atom is -0.479 e. The Morgan fingerprint density at radius 1 is 1.59 bits per heavy atom. The molecule has 0 saturated carbocycles. The Labute approximate surface area is 106 Å². The second-order valence-corrected chi connectivity index (χ2v) is 6.23. The number of nitrogens with zero attached hydrogens (tertiary/aromatic N) is 1. The maximum absolute atomic E-state index is 5.72. The van der Waals surface area contributed by atoms with Gasteiger partial charge in [-0.2, -0.15) is 16.7 Å². The normalized spacial score (nSPS) is 23.6. The van der Waals surface area contributed by atoms with Gasteiger partial charge in [0.25, 0.3) is 0 Å². The predicted octanol–water partition coefficient (Wildman–Crippen LogP) is 2.37. The number of nitrogen functional groups attached to an aromatic ring is 1. The summed E-state index contributed by atoms with van der Waals surface area (Å²) < 4.78 is 5.43. The van der Waals surface area contributed by atoms with Crippen LogP contribution < -0.4 is 15.8 Å². The van der Waals surface area contributed by atoms with E-state index in [0.717, 1.165) is 12.4 Å². The molecule has 4 nitrogen and oxygen atoms in total. The van der Waals surface area contributed by atoms with Gasteiger partial charge in [0.15, 0.2) is 0 Å². The van der Waals surface area contributed by atoms with Gasteiger partial charge >= 0.3 is 0 Å². The molecule has 1 fully saturated rings. The van der Waals surface area contributed by atoms with Crippen LogP contribution in [0, 0.1) is 0 Å². The van der Waals surface area contributed by atoms with E-state index in [9.17, 15) is 0 Å². The third-order valence-electron chi connectivity index (χ3n) is 3.03. The van der Waals surface area contributed by atoms with Crippen molar-refractivity contribution in [2.45, 2.75) is 24.5 Å². The first kappa shape index (κ1) is 12.4. The first-order valence-electron chi connectivity index (χ1n) is 5.81. The smallest absolute Gasteiger partial charge is 0.238 e. The third kappa shape index (κ3) is 2.97. The lowest BCUT2D eigenvalue weighted by atomic mass is 10.1. The summed E-state index contributed by atoms with van der Waals surface area (Å²) in [5.41, 5.74) is 6.29. The Morgan fingerprint density at radius 3 is 3.06 bits per heavy atom. The molecule has 0 aromatic carbocycles. The van der Waals surface area contributed by atoms with Crippen LogP contribution in [0.1, 0.15) is 19.8 Å². The molecule has 1 aliphatic rings. The number of nitrogens with two attached hydrogens (primary N) is 1. The van der Waals surface area contributed by atoms with E-state index in [1.165, 1.54) is 18.6 Å². The van der Waals surface area contributed by atoms with Crippen LogP contribution in [0.3, 0.4) is 0 Å². The van der Waals surface area contributed by atoms with Crippen molar-refractivity contribution in [2.75, 3.05) is 30.5 Å². The largest absolute Gasteiger partial charge is 0.479 e. The average molecular weight is 253 g/mol. The van der Waals surface area contributed by atoms with E-state index < -0.39 is 0 Å². The van der Waals surface area contributed by atoms with Gasteiger partial charge in [-0.3, -0.25) is 0 Å². The zero-order valence-corrected chi connectivity index (χ0v) is 11.1. The van der Waals surface area contributed by atoms with Gasteiger partial charge in [0.2, 0.25) is 5.88 Å². The number of thioether (sulfide) groups is 1. The Morgan fingerprint density at radius 2 is 2.41 bits per heavy atom. The molecule has 2 heterocycles. The molecule has 3 N–H and O–H groups in total. The summed E-state index contributed by atoms with van der Waals surface area (Å²) in [4.78, 5) is 4.32. The second kappa shape index (κ2) is 5.04. The van der Waals surface area contributed by atoms with Crippen molar-refractivity contribution in [1.29, 1.82) is 0 Å². The number of nitrogens with one attached hydrogen (secondary N) is 1. The highest BCUT2D eigenvalue weighted by Gasteiger charge is 2.29. The molecule has 2 rings (SSSR count). The number of aromatic nitrogens is 1. The lowest BCUT2D eigenvalue weighted by Crippen LogP contribution is -2.27. The van der Waals surface area contributed by atoms with E-state index in [1.807, 2.05) is 23.9 Å². The first-order valence-corrected chi connectivity index (χ1v) is 6.80. The number of rotatable bonds is 4. The predicted molar refractivity (Wildman–Crippen MR) is 73.8 cm³/mol. The second-order valence-electron chi connectivity index (χ2n) is 4.55. The van der Waals surface area contributed by atoms with Crippen LogP contribution in [0.2, 0.25) is 0 Å². The molecule has 0 amide bonds. The zero-order chi connectivity index (χ0) is 12.3. The maximum Gasteiger partial charge on any atom is 0.238 e. The van der Waals surface area contributed by atoms with Crippen molar-refractivity contribution >= 4 is 23.3 Å². The Bertz CT molecular complexity index is 391. The topological polar surface area (TPSA) is 60.2 Å². The minimum atomic E-state index is 0.330. The van der Waals surface area contributed by atoms with Gasteiger partial charge in [-0.1, -0.05) is 0 Å². The van der Waals surface area contributed by atoms with Gasteiger partial charge in [0, 0.05) is 11.3 Å². The molecule has 0 aliphatic carbocycles. The molecule has 1 aromatic rings. The molecule has 1 unspecified atom stereocenters. The number of hydrogen-bond acceptors (Lipinski definition) is 5. The molecule has 5 heteroatoms. The van der Waals surface area contributed by atoms with Crippen molar-refractivity contribution in [3.8, 4) is 5.88 Å². The number of hydrogen-bond donors (Lipinski definition) is 2. The summed E-state index contributed by atoms with van der Waals surface area (Å²) in [5.74, 6) is 2.57. The molecular formula is C12H19N3OS. The van der Waals surface area contributed by atoms with E-state index in [2.05, 4.69) is 17.2 Å². The summed E-state index contributed by atoms with van der Waals surface area (Å²) in [6.45, 7) is 3.23. The highest BCUT2D eigenvalue weighted by molar-refractivity contribution is 8.00. The van der Waals surface area contributed by atoms with Crippen molar-refractivity contribution < 1.29 is 4.74 Å². The highest BCUT2D eigenvalue weighted by atomic mass is 32.2. The fourth-order valence-electron chi connectivity index (χ4n) is 1.97. The van der Waals surface area contributed by atoms with Crippen molar-refractivity contribution in [3.63, 3.8) is 0 Å².